The minimum absolute atomic E-state index is 0.118. The van der Waals surface area contributed by atoms with Crippen LogP contribution in [0.2, 0.25) is 5.02 Å². The van der Waals surface area contributed by atoms with E-state index in [9.17, 15) is 9.59 Å². The zero-order valence-electron chi connectivity index (χ0n) is 13.1. The maximum atomic E-state index is 12.1. The highest BCUT2D eigenvalue weighted by Crippen LogP contribution is 2.25. The number of H-pyrrole nitrogens is 1. The van der Waals surface area contributed by atoms with Gasteiger partial charge >= 0.3 is 0 Å². The first kappa shape index (κ1) is 17.2. The molecule has 25 heavy (non-hydrogen) atoms. The monoisotopic (exact) mass is 374 g/mol. The lowest BCUT2D eigenvalue weighted by Crippen LogP contribution is -2.12. The number of nitrogens with zero attached hydrogens (tertiary/aromatic N) is 1. The van der Waals surface area contributed by atoms with Crippen LogP contribution in [0.3, 0.4) is 0 Å². The normalized spacial score (nSPS) is 10.6. The molecule has 0 aliphatic heterocycles. The molecular formula is C17H15ClN4O2S. The van der Waals surface area contributed by atoms with Crippen molar-refractivity contribution in [2.75, 3.05) is 5.32 Å². The third kappa shape index (κ3) is 4.46. The zero-order chi connectivity index (χ0) is 17.8. The average molecular weight is 375 g/mol. The van der Waals surface area contributed by atoms with E-state index >= 15 is 0 Å². The third-order valence-corrected chi connectivity index (χ3v) is 4.52. The maximum absolute atomic E-state index is 12.1. The number of nitrogens with one attached hydrogen (secondary N) is 2. The Hall–Kier alpha value is -2.64. The van der Waals surface area contributed by atoms with Gasteiger partial charge < -0.3 is 16.0 Å². The Labute approximate surface area is 153 Å². The van der Waals surface area contributed by atoms with Gasteiger partial charge in [-0.15, -0.1) is 11.3 Å². The second-order valence-electron chi connectivity index (χ2n) is 5.38. The van der Waals surface area contributed by atoms with Gasteiger partial charge in [-0.25, -0.2) is 4.98 Å². The maximum Gasteiger partial charge on any atom is 0.265 e. The first-order chi connectivity index (χ1) is 12.0. The van der Waals surface area contributed by atoms with E-state index in [0.29, 0.717) is 34.4 Å². The molecule has 0 aliphatic rings. The molecule has 0 fully saturated rings. The largest absolute Gasteiger partial charge is 0.364 e. The van der Waals surface area contributed by atoms with Gasteiger partial charge in [0.1, 0.15) is 5.69 Å². The molecule has 2 heterocycles. The summed E-state index contributed by atoms with van der Waals surface area (Å²) >= 11 is 7.25. The van der Waals surface area contributed by atoms with Crippen LogP contribution in [0.1, 0.15) is 22.5 Å². The number of halogens is 1. The SMILES string of the molecule is NC(=O)c1cc(-c2csc(NC(=O)CCc3cccc(Cl)c3)n2)c[nH]1. The molecule has 0 unspecified atom stereocenters. The number of carbonyl (C=O) groups is 2. The number of carbonyl (C=O) groups excluding carboxylic acids is 2. The Kier molecular flexibility index (Phi) is 5.16. The molecule has 0 saturated carbocycles. The molecule has 2 amide bonds. The van der Waals surface area contributed by atoms with E-state index in [2.05, 4.69) is 15.3 Å². The van der Waals surface area contributed by atoms with E-state index in [4.69, 9.17) is 17.3 Å². The number of anilines is 1. The summed E-state index contributed by atoms with van der Waals surface area (Å²) in [6, 6.07) is 9.07. The lowest BCUT2D eigenvalue weighted by molar-refractivity contribution is -0.116. The lowest BCUT2D eigenvalue weighted by atomic mass is 10.1. The molecule has 0 atom stereocenters. The molecule has 4 N–H and O–H groups in total. The van der Waals surface area contributed by atoms with E-state index < -0.39 is 5.91 Å². The minimum atomic E-state index is -0.531. The van der Waals surface area contributed by atoms with Crippen molar-refractivity contribution in [3.8, 4) is 11.3 Å². The van der Waals surface area contributed by atoms with Crippen molar-refractivity contribution in [1.29, 1.82) is 0 Å². The van der Waals surface area contributed by atoms with Crippen LogP contribution in [0, 0.1) is 0 Å². The summed E-state index contributed by atoms with van der Waals surface area (Å²) in [6.07, 6.45) is 2.59. The van der Waals surface area contributed by atoms with Crippen molar-refractivity contribution >= 4 is 39.9 Å². The standard InChI is InChI=1S/C17H15ClN4O2S/c18-12-3-1-2-10(6-12)4-5-15(23)22-17-21-14(9-25-17)11-7-13(16(19)24)20-8-11/h1-3,6-9,20H,4-5H2,(H2,19,24)(H,21,22,23). The quantitative estimate of drug-likeness (QED) is 0.615. The summed E-state index contributed by atoms with van der Waals surface area (Å²) < 4.78 is 0. The molecule has 3 aromatic rings. The minimum Gasteiger partial charge on any atom is -0.364 e. The van der Waals surface area contributed by atoms with Gasteiger partial charge in [-0.1, -0.05) is 23.7 Å². The Bertz CT molecular complexity index is 919. The number of hydrogen-bond donors (Lipinski definition) is 3. The number of nitrogens with two attached hydrogens (primary N) is 1. The molecule has 128 valence electrons. The highest BCUT2D eigenvalue weighted by Gasteiger charge is 2.11. The Morgan fingerprint density at radius 1 is 1.32 bits per heavy atom. The lowest BCUT2D eigenvalue weighted by Gasteiger charge is -2.02. The fourth-order valence-electron chi connectivity index (χ4n) is 2.28. The van der Waals surface area contributed by atoms with Gasteiger partial charge in [-0.3, -0.25) is 9.59 Å². The zero-order valence-corrected chi connectivity index (χ0v) is 14.7. The van der Waals surface area contributed by atoms with E-state index in [1.165, 1.54) is 11.3 Å². The average Bonchev–Trinajstić information content (AvgIpc) is 3.22. The number of thiazole rings is 1. The van der Waals surface area contributed by atoms with Crippen LogP contribution in [0.5, 0.6) is 0 Å². The van der Waals surface area contributed by atoms with E-state index in [1.54, 1.807) is 23.7 Å². The van der Waals surface area contributed by atoms with Gasteiger partial charge in [0.15, 0.2) is 5.13 Å². The van der Waals surface area contributed by atoms with E-state index in [1.807, 2.05) is 18.2 Å². The van der Waals surface area contributed by atoms with Crippen molar-refractivity contribution in [2.45, 2.75) is 12.8 Å². The number of amides is 2. The third-order valence-electron chi connectivity index (χ3n) is 3.52. The summed E-state index contributed by atoms with van der Waals surface area (Å²) in [6.45, 7) is 0. The first-order valence-electron chi connectivity index (χ1n) is 7.49. The van der Waals surface area contributed by atoms with Crippen LogP contribution >= 0.6 is 22.9 Å². The molecule has 8 heteroatoms. The van der Waals surface area contributed by atoms with Gasteiger partial charge in [0.25, 0.3) is 5.91 Å². The van der Waals surface area contributed by atoms with Gasteiger partial charge in [0.2, 0.25) is 5.91 Å². The second kappa shape index (κ2) is 7.50. The molecule has 0 radical (unpaired) electrons. The van der Waals surface area contributed by atoms with Gasteiger partial charge in [0, 0.05) is 28.6 Å². The summed E-state index contributed by atoms with van der Waals surface area (Å²) in [5.74, 6) is -0.649. The van der Waals surface area contributed by atoms with Gasteiger partial charge in [0.05, 0.1) is 5.69 Å². The number of hydrogen-bond acceptors (Lipinski definition) is 4. The molecule has 0 aliphatic carbocycles. The molecule has 1 aromatic carbocycles. The Morgan fingerprint density at radius 3 is 2.88 bits per heavy atom. The van der Waals surface area contributed by atoms with Crippen LogP contribution in [-0.2, 0) is 11.2 Å². The fourth-order valence-corrected chi connectivity index (χ4v) is 3.23. The molecule has 3 rings (SSSR count). The molecule has 0 saturated heterocycles. The molecule has 2 aromatic heterocycles. The van der Waals surface area contributed by atoms with Crippen molar-refractivity contribution in [2.24, 2.45) is 5.73 Å². The number of aromatic amines is 1. The van der Waals surface area contributed by atoms with Crippen LogP contribution in [-0.4, -0.2) is 21.8 Å². The predicted octanol–water partition coefficient (Wildman–Crippen LogP) is 3.46. The summed E-state index contributed by atoms with van der Waals surface area (Å²) in [7, 11) is 0. The van der Waals surface area contributed by atoms with Crippen LogP contribution in [0.25, 0.3) is 11.3 Å². The van der Waals surface area contributed by atoms with E-state index in [0.717, 1.165) is 11.1 Å². The molecule has 6 nitrogen and oxygen atoms in total. The Balaban J connectivity index is 1.58. The molecule has 0 spiro atoms. The van der Waals surface area contributed by atoms with Crippen molar-refractivity contribution in [3.05, 3.63) is 58.2 Å². The van der Waals surface area contributed by atoms with Crippen LogP contribution in [0.4, 0.5) is 5.13 Å². The van der Waals surface area contributed by atoms with Crippen LogP contribution in [0.15, 0.2) is 41.9 Å². The smallest absolute Gasteiger partial charge is 0.265 e. The first-order valence-corrected chi connectivity index (χ1v) is 8.75. The fraction of sp³-hybridized carbons (Fsp3) is 0.118. The number of aryl methyl sites for hydroxylation is 1. The summed E-state index contributed by atoms with van der Waals surface area (Å²) in [5, 5.41) is 5.75. The highest BCUT2D eigenvalue weighted by molar-refractivity contribution is 7.14. The topological polar surface area (TPSA) is 101 Å². The number of primary amides is 1. The molecular weight excluding hydrogens is 360 g/mol. The number of rotatable bonds is 6. The molecule has 0 bridgehead atoms. The Morgan fingerprint density at radius 2 is 2.16 bits per heavy atom. The van der Waals surface area contributed by atoms with Gasteiger partial charge in [-0.05, 0) is 30.2 Å². The number of benzene rings is 1. The van der Waals surface area contributed by atoms with Crippen molar-refractivity contribution < 1.29 is 9.59 Å². The van der Waals surface area contributed by atoms with Crippen molar-refractivity contribution in [3.63, 3.8) is 0 Å². The second-order valence-corrected chi connectivity index (χ2v) is 6.68. The summed E-state index contributed by atoms with van der Waals surface area (Å²) in [5.41, 5.74) is 7.94. The van der Waals surface area contributed by atoms with Gasteiger partial charge in [-0.2, -0.15) is 0 Å². The predicted molar refractivity (Wildman–Crippen MR) is 98.8 cm³/mol. The van der Waals surface area contributed by atoms with E-state index in [-0.39, 0.29) is 5.91 Å². The van der Waals surface area contributed by atoms with Crippen LogP contribution < -0.4 is 11.1 Å². The number of aromatic nitrogens is 2. The highest BCUT2D eigenvalue weighted by atomic mass is 35.5. The summed E-state index contributed by atoms with van der Waals surface area (Å²) in [4.78, 5) is 30.3. The van der Waals surface area contributed by atoms with Crippen molar-refractivity contribution in [1.82, 2.24) is 9.97 Å².